The first-order chi connectivity index (χ1) is 13.1. The van der Waals surface area contributed by atoms with Crippen LogP contribution in [-0.2, 0) is 6.54 Å². The van der Waals surface area contributed by atoms with Gasteiger partial charge in [0.05, 0.1) is 24.8 Å². The van der Waals surface area contributed by atoms with E-state index in [1.54, 1.807) is 24.3 Å². The molecule has 0 spiro atoms. The number of hydrogen-bond donors (Lipinski definition) is 2. The summed E-state index contributed by atoms with van der Waals surface area (Å²) in [6, 6.07) is 9.06. The van der Waals surface area contributed by atoms with Crippen molar-refractivity contribution in [3.63, 3.8) is 0 Å². The Kier molecular flexibility index (Phi) is 5.75. The predicted octanol–water partition coefficient (Wildman–Crippen LogP) is 2.99. The number of carbonyl (C=O) groups excluding carboxylic acids is 1. The summed E-state index contributed by atoms with van der Waals surface area (Å²) in [7, 11) is 1.62. The van der Waals surface area contributed by atoms with Crippen molar-refractivity contribution in [1.29, 1.82) is 0 Å². The van der Waals surface area contributed by atoms with Crippen molar-refractivity contribution in [2.75, 3.05) is 12.4 Å². The number of urea groups is 1. The highest BCUT2D eigenvalue weighted by molar-refractivity contribution is 5.89. The van der Waals surface area contributed by atoms with Gasteiger partial charge >= 0.3 is 6.03 Å². The standard InChI is InChI=1S/C19H24N6O2/c1-4-15(12-24-10-9-20-13-24)21-19(26)22-18-11-14(2)23-25(18)16-5-7-17(27-3)8-6-16/h5-11,13,15H,4,12H2,1-3H3,(H2,21,22,26)/t15-/m1/s1. The first-order valence-electron chi connectivity index (χ1n) is 8.83. The number of ether oxygens (including phenoxy) is 1. The van der Waals surface area contributed by atoms with Crippen molar-refractivity contribution < 1.29 is 9.53 Å². The lowest BCUT2D eigenvalue weighted by Crippen LogP contribution is -2.40. The zero-order chi connectivity index (χ0) is 19.2. The smallest absolute Gasteiger partial charge is 0.320 e. The quantitative estimate of drug-likeness (QED) is 0.671. The molecule has 142 valence electrons. The number of aryl methyl sites for hydroxylation is 1. The number of nitrogens with one attached hydrogen (secondary N) is 2. The monoisotopic (exact) mass is 368 g/mol. The third-order valence-corrected chi connectivity index (χ3v) is 4.21. The molecule has 0 radical (unpaired) electrons. The largest absolute Gasteiger partial charge is 0.497 e. The van der Waals surface area contributed by atoms with Crippen LogP contribution in [0.5, 0.6) is 5.75 Å². The van der Waals surface area contributed by atoms with Crippen molar-refractivity contribution in [3.05, 3.63) is 54.7 Å². The lowest BCUT2D eigenvalue weighted by atomic mass is 10.2. The van der Waals surface area contributed by atoms with Crippen molar-refractivity contribution in [1.82, 2.24) is 24.6 Å². The summed E-state index contributed by atoms with van der Waals surface area (Å²) >= 11 is 0. The molecule has 0 aliphatic rings. The summed E-state index contributed by atoms with van der Waals surface area (Å²) in [6.07, 6.45) is 6.15. The van der Waals surface area contributed by atoms with Crippen molar-refractivity contribution >= 4 is 11.8 Å². The number of anilines is 1. The van der Waals surface area contributed by atoms with Gasteiger partial charge < -0.3 is 14.6 Å². The lowest BCUT2D eigenvalue weighted by Gasteiger charge is -2.18. The second-order valence-corrected chi connectivity index (χ2v) is 6.24. The second kappa shape index (κ2) is 8.39. The van der Waals surface area contributed by atoms with E-state index in [9.17, 15) is 4.79 Å². The number of carbonyl (C=O) groups is 1. The van der Waals surface area contributed by atoms with Crippen LogP contribution in [0.1, 0.15) is 19.0 Å². The van der Waals surface area contributed by atoms with E-state index in [1.807, 2.05) is 54.9 Å². The Labute approximate surface area is 158 Å². The van der Waals surface area contributed by atoms with E-state index in [4.69, 9.17) is 4.74 Å². The molecule has 0 aliphatic carbocycles. The maximum absolute atomic E-state index is 12.5. The molecular weight excluding hydrogens is 344 g/mol. The van der Waals surface area contributed by atoms with Crippen molar-refractivity contribution in [2.45, 2.75) is 32.9 Å². The summed E-state index contributed by atoms with van der Waals surface area (Å²) in [4.78, 5) is 16.5. The molecule has 2 aromatic heterocycles. The topological polar surface area (TPSA) is 86.0 Å². The van der Waals surface area contributed by atoms with Gasteiger partial charge in [0.15, 0.2) is 0 Å². The molecule has 0 fully saturated rings. The molecule has 3 rings (SSSR count). The fraction of sp³-hybridized carbons (Fsp3) is 0.316. The minimum atomic E-state index is -0.267. The molecule has 0 bridgehead atoms. The van der Waals surface area contributed by atoms with Crippen LogP contribution in [0.4, 0.5) is 10.6 Å². The Hall–Kier alpha value is -3.29. The number of rotatable bonds is 7. The van der Waals surface area contributed by atoms with Crippen LogP contribution in [0.2, 0.25) is 0 Å². The molecule has 2 N–H and O–H groups in total. The van der Waals surface area contributed by atoms with Gasteiger partial charge in [0.1, 0.15) is 11.6 Å². The molecule has 0 aliphatic heterocycles. The Morgan fingerprint density at radius 1 is 1.30 bits per heavy atom. The predicted molar refractivity (Wildman–Crippen MR) is 103 cm³/mol. The van der Waals surface area contributed by atoms with Crippen LogP contribution in [-0.4, -0.2) is 38.5 Å². The number of hydrogen-bond acceptors (Lipinski definition) is 4. The van der Waals surface area contributed by atoms with Gasteiger partial charge in [-0.2, -0.15) is 5.10 Å². The van der Waals surface area contributed by atoms with Crippen LogP contribution in [0, 0.1) is 6.92 Å². The summed E-state index contributed by atoms with van der Waals surface area (Å²) in [5, 5.41) is 10.4. The third-order valence-electron chi connectivity index (χ3n) is 4.21. The summed E-state index contributed by atoms with van der Waals surface area (Å²) in [5.74, 6) is 1.37. The molecule has 8 heteroatoms. The first kappa shape index (κ1) is 18.5. The summed E-state index contributed by atoms with van der Waals surface area (Å²) in [5.41, 5.74) is 1.65. The Morgan fingerprint density at radius 3 is 2.70 bits per heavy atom. The van der Waals surface area contributed by atoms with E-state index < -0.39 is 0 Å². The molecule has 2 heterocycles. The summed E-state index contributed by atoms with van der Waals surface area (Å²) < 4.78 is 8.83. The van der Waals surface area contributed by atoms with Crippen LogP contribution < -0.4 is 15.4 Å². The maximum Gasteiger partial charge on any atom is 0.320 e. The minimum absolute atomic E-state index is 0.00217. The average molecular weight is 368 g/mol. The van der Waals surface area contributed by atoms with Crippen LogP contribution >= 0.6 is 0 Å². The van der Waals surface area contributed by atoms with Gasteiger partial charge in [-0.25, -0.2) is 14.5 Å². The van der Waals surface area contributed by atoms with Crippen LogP contribution in [0.25, 0.3) is 5.69 Å². The van der Waals surface area contributed by atoms with Crippen LogP contribution in [0.3, 0.4) is 0 Å². The van der Waals surface area contributed by atoms with Crippen LogP contribution in [0.15, 0.2) is 49.1 Å². The molecule has 8 nitrogen and oxygen atoms in total. The molecule has 1 aromatic carbocycles. The zero-order valence-corrected chi connectivity index (χ0v) is 15.7. The fourth-order valence-electron chi connectivity index (χ4n) is 2.77. The highest BCUT2D eigenvalue weighted by Crippen LogP contribution is 2.20. The first-order valence-corrected chi connectivity index (χ1v) is 8.83. The molecule has 0 unspecified atom stereocenters. The number of aromatic nitrogens is 4. The number of nitrogens with zero attached hydrogens (tertiary/aromatic N) is 4. The molecule has 0 saturated carbocycles. The second-order valence-electron chi connectivity index (χ2n) is 6.24. The van der Waals surface area contributed by atoms with Gasteiger partial charge in [-0.1, -0.05) is 6.92 Å². The van der Waals surface area contributed by atoms with Crippen molar-refractivity contribution in [3.8, 4) is 11.4 Å². The van der Waals surface area contributed by atoms with E-state index in [-0.39, 0.29) is 12.1 Å². The number of benzene rings is 1. The number of methoxy groups -OCH3 is 1. The molecule has 27 heavy (non-hydrogen) atoms. The van der Waals surface area contributed by atoms with Gasteiger partial charge in [0.2, 0.25) is 0 Å². The SMILES string of the molecule is CC[C@H](Cn1ccnc1)NC(=O)Nc1cc(C)nn1-c1ccc(OC)cc1. The zero-order valence-electron chi connectivity index (χ0n) is 15.7. The summed E-state index contributed by atoms with van der Waals surface area (Å²) in [6.45, 7) is 4.59. The molecule has 3 aromatic rings. The Balaban J connectivity index is 1.70. The Bertz CT molecular complexity index is 870. The maximum atomic E-state index is 12.5. The van der Waals surface area contributed by atoms with Gasteiger partial charge in [-0.05, 0) is 37.6 Å². The van der Waals surface area contributed by atoms with E-state index in [1.165, 1.54) is 0 Å². The normalized spacial score (nSPS) is 11.8. The third kappa shape index (κ3) is 4.66. The number of imidazole rings is 1. The average Bonchev–Trinajstić information content (AvgIpc) is 3.30. The Morgan fingerprint density at radius 2 is 2.07 bits per heavy atom. The van der Waals surface area contributed by atoms with Gasteiger partial charge in [-0.15, -0.1) is 0 Å². The van der Waals surface area contributed by atoms with Gasteiger partial charge in [0.25, 0.3) is 0 Å². The van der Waals surface area contributed by atoms with Gasteiger partial charge in [-0.3, -0.25) is 5.32 Å². The minimum Gasteiger partial charge on any atom is -0.497 e. The van der Waals surface area contributed by atoms with E-state index >= 15 is 0 Å². The van der Waals surface area contributed by atoms with Gasteiger partial charge in [0, 0.05) is 31.0 Å². The lowest BCUT2D eigenvalue weighted by molar-refractivity contribution is 0.246. The highest BCUT2D eigenvalue weighted by Gasteiger charge is 2.14. The van der Waals surface area contributed by atoms with Crippen molar-refractivity contribution in [2.24, 2.45) is 0 Å². The number of amides is 2. The molecule has 0 saturated heterocycles. The highest BCUT2D eigenvalue weighted by atomic mass is 16.5. The molecule has 1 atom stereocenters. The van der Waals surface area contributed by atoms with E-state index in [2.05, 4.69) is 20.7 Å². The molecule has 2 amide bonds. The molecular formula is C19H24N6O2. The van der Waals surface area contributed by atoms with E-state index in [0.29, 0.717) is 12.4 Å². The van der Waals surface area contributed by atoms with E-state index in [0.717, 1.165) is 23.6 Å². The fourth-order valence-corrected chi connectivity index (χ4v) is 2.77.